The zero-order chi connectivity index (χ0) is 12.4. The number of carbonyl (C=O) groups is 1. The summed E-state index contributed by atoms with van der Waals surface area (Å²) in [5, 5.41) is 3.40. The van der Waals surface area contributed by atoms with E-state index in [1.54, 1.807) is 6.08 Å². The van der Waals surface area contributed by atoms with Crippen molar-refractivity contribution < 1.29 is 14.3 Å². The van der Waals surface area contributed by atoms with Crippen LogP contribution in [-0.2, 0) is 14.3 Å². The van der Waals surface area contributed by atoms with Crippen molar-refractivity contribution in [1.29, 1.82) is 0 Å². The molecule has 18 heavy (non-hydrogen) atoms. The summed E-state index contributed by atoms with van der Waals surface area (Å²) < 4.78 is 11.2. The average molecular weight is 251 g/mol. The molecule has 1 atom stereocenters. The van der Waals surface area contributed by atoms with Gasteiger partial charge in [0.15, 0.2) is 5.60 Å². The molecule has 2 fully saturated rings. The molecule has 1 saturated carbocycles. The van der Waals surface area contributed by atoms with Crippen molar-refractivity contribution in [3.05, 3.63) is 11.8 Å². The van der Waals surface area contributed by atoms with Crippen LogP contribution in [0.15, 0.2) is 11.8 Å². The molecule has 0 unspecified atom stereocenters. The summed E-state index contributed by atoms with van der Waals surface area (Å²) in [4.78, 5) is 11.6. The summed E-state index contributed by atoms with van der Waals surface area (Å²) in [7, 11) is 0. The standard InChI is InChI=1S/C14H21NO3/c16-13-9-12(15-10-11-5-4-8-17-11)14(18-13)6-2-1-3-7-14/h9,11,15H,1-8,10H2/t11-/m0/s1. The Balaban J connectivity index is 1.64. The third-order valence-electron chi connectivity index (χ3n) is 4.25. The number of nitrogens with one attached hydrogen (secondary N) is 1. The van der Waals surface area contributed by atoms with Gasteiger partial charge in [0, 0.05) is 19.2 Å². The third-order valence-corrected chi connectivity index (χ3v) is 4.25. The topological polar surface area (TPSA) is 47.6 Å². The molecular formula is C14H21NO3. The molecule has 4 nitrogen and oxygen atoms in total. The lowest BCUT2D eigenvalue weighted by molar-refractivity contribution is -0.148. The van der Waals surface area contributed by atoms with Gasteiger partial charge in [0.05, 0.1) is 11.8 Å². The van der Waals surface area contributed by atoms with Crippen LogP contribution in [0.5, 0.6) is 0 Å². The van der Waals surface area contributed by atoms with Crippen molar-refractivity contribution in [2.75, 3.05) is 13.2 Å². The first kappa shape index (κ1) is 12.0. The molecule has 1 N–H and O–H groups in total. The molecule has 1 aliphatic carbocycles. The molecular weight excluding hydrogens is 230 g/mol. The van der Waals surface area contributed by atoms with Crippen molar-refractivity contribution in [3.63, 3.8) is 0 Å². The Kier molecular flexibility index (Phi) is 3.29. The Hall–Kier alpha value is -1.03. The lowest BCUT2D eigenvalue weighted by Crippen LogP contribution is -2.41. The van der Waals surface area contributed by atoms with Crippen LogP contribution in [0.2, 0.25) is 0 Å². The number of rotatable bonds is 3. The normalized spacial score (nSPS) is 30.3. The number of hydrogen-bond donors (Lipinski definition) is 1. The summed E-state index contributed by atoms with van der Waals surface area (Å²) in [5.41, 5.74) is 0.649. The van der Waals surface area contributed by atoms with Crippen molar-refractivity contribution in [3.8, 4) is 0 Å². The highest BCUT2D eigenvalue weighted by Gasteiger charge is 2.44. The van der Waals surface area contributed by atoms with Crippen molar-refractivity contribution >= 4 is 5.97 Å². The highest BCUT2D eigenvalue weighted by molar-refractivity contribution is 5.86. The molecule has 4 heteroatoms. The summed E-state index contributed by atoms with van der Waals surface area (Å²) in [6.45, 7) is 1.66. The van der Waals surface area contributed by atoms with E-state index in [0.29, 0.717) is 6.10 Å². The fourth-order valence-corrected chi connectivity index (χ4v) is 3.26. The molecule has 0 aromatic heterocycles. The third kappa shape index (κ3) is 2.26. The van der Waals surface area contributed by atoms with E-state index in [1.165, 1.54) is 6.42 Å². The minimum Gasteiger partial charge on any atom is -0.449 e. The van der Waals surface area contributed by atoms with Gasteiger partial charge in [0.25, 0.3) is 0 Å². The van der Waals surface area contributed by atoms with Crippen LogP contribution in [0.4, 0.5) is 0 Å². The molecule has 100 valence electrons. The van der Waals surface area contributed by atoms with Gasteiger partial charge in [0.1, 0.15) is 0 Å². The van der Waals surface area contributed by atoms with E-state index in [9.17, 15) is 4.79 Å². The van der Waals surface area contributed by atoms with E-state index in [4.69, 9.17) is 9.47 Å². The van der Waals surface area contributed by atoms with Gasteiger partial charge in [-0.15, -0.1) is 0 Å². The van der Waals surface area contributed by atoms with Crippen LogP contribution in [-0.4, -0.2) is 30.8 Å². The van der Waals surface area contributed by atoms with E-state index >= 15 is 0 Å². The lowest BCUT2D eigenvalue weighted by atomic mass is 9.83. The van der Waals surface area contributed by atoms with E-state index in [0.717, 1.165) is 57.4 Å². The number of esters is 1. The molecule has 0 radical (unpaired) electrons. The smallest absolute Gasteiger partial charge is 0.333 e. The Morgan fingerprint density at radius 1 is 1.28 bits per heavy atom. The predicted molar refractivity (Wildman–Crippen MR) is 67.0 cm³/mol. The van der Waals surface area contributed by atoms with Crippen LogP contribution in [0, 0.1) is 0 Å². The maximum Gasteiger partial charge on any atom is 0.333 e. The molecule has 0 aromatic rings. The molecule has 1 saturated heterocycles. The molecule has 2 heterocycles. The van der Waals surface area contributed by atoms with Crippen LogP contribution < -0.4 is 5.32 Å². The Labute approximate surface area is 108 Å². The van der Waals surface area contributed by atoms with Gasteiger partial charge in [-0.05, 0) is 38.5 Å². The summed E-state index contributed by atoms with van der Waals surface area (Å²) in [5.74, 6) is -0.188. The molecule has 0 amide bonds. The number of ether oxygens (including phenoxy) is 2. The molecule has 3 rings (SSSR count). The van der Waals surface area contributed by atoms with Crippen LogP contribution in [0.25, 0.3) is 0 Å². The number of carbonyl (C=O) groups excluding carboxylic acids is 1. The fraction of sp³-hybridized carbons (Fsp3) is 0.786. The van der Waals surface area contributed by atoms with Gasteiger partial charge in [-0.25, -0.2) is 4.79 Å². The van der Waals surface area contributed by atoms with Gasteiger partial charge in [-0.2, -0.15) is 0 Å². The zero-order valence-corrected chi connectivity index (χ0v) is 10.7. The summed E-state index contributed by atoms with van der Waals surface area (Å²) in [6, 6.07) is 0. The Morgan fingerprint density at radius 3 is 2.83 bits per heavy atom. The first-order valence-corrected chi connectivity index (χ1v) is 7.09. The fourth-order valence-electron chi connectivity index (χ4n) is 3.26. The van der Waals surface area contributed by atoms with Crippen molar-refractivity contribution in [2.24, 2.45) is 0 Å². The van der Waals surface area contributed by atoms with E-state index in [-0.39, 0.29) is 11.6 Å². The van der Waals surface area contributed by atoms with Gasteiger partial charge in [-0.3, -0.25) is 0 Å². The molecule has 3 aliphatic rings. The second-order valence-corrected chi connectivity index (χ2v) is 5.55. The molecule has 2 aliphatic heterocycles. The molecule has 1 spiro atoms. The first-order valence-electron chi connectivity index (χ1n) is 7.09. The second kappa shape index (κ2) is 4.92. The summed E-state index contributed by atoms with van der Waals surface area (Å²) in [6.07, 6.45) is 9.65. The SMILES string of the molecule is O=C1C=C(NC[C@@H]2CCCO2)C2(CCCCC2)O1. The minimum absolute atomic E-state index is 0.188. The van der Waals surface area contributed by atoms with Crippen LogP contribution >= 0.6 is 0 Å². The quantitative estimate of drug-likeness (QED) is 0.778. The van der Waals surface area contributed by atoms with E-state index < -0.39 is 0 Å². The minimum atomic E-state index is -0.339. The number of hydrogen-bond acceptors (Lipinski definition) is 4. The Bertz CT molecular complexity index is 352. The Morgan fingerprint density at radius 2 is 2.11 bits per heavy atom. The highest BCUT2D eigenvalue weighted by atomic mass is 16.6. The lowest BCUT2D eigenvalue weighted by Gasteiger charge is -2.35. The van der Waals surface area contributed by atoms with Crippen molar-refractivity contribution in [2.45, 2.75) is 56.7 Å². The van der Waals surface area contributed by atoms with Crippen LogP contribution in [0.3, 0.4) is 0 Å². The van der Waals surface area contributed by atoms with E-state index in [1.807, 2.05) is 0 Å². The zero-order valence-electron chi connectivity index (χ0n) is 10.7. The van der Waals surface area contributed by atoms with Gasteiger partial charge >= 0.3 is 5.97 Å². The molecule has 0 bridgehead atoms. The van der Waals surface area contributed by atoms with Crippen molar-refractivity contribution in [1.82, 2.24) is 5.32 Å². The van der Waals surface area contributed by atoms with E-state index in [2.05, 4.69) is 5.32 Å². The maximum atomic E-state index is 11.6. The first-order chi connectivity index (χ1) is 8.78. The average Bonchev–Trinajstić information content (AvgIpc) is 2.97. The maximum absolute atomic E-state index is 11.6. The van der Waals surface area contributed by atoms with Gasteiger partial charge < -0.3 is 14.8 Å². The van der Waals surface area contributed by atoms with Gasteiger partial charge in [-0.1, -0.05) is 6.42 Å². The second-order valence-electron chi connectivity index (χ2n) is 5.55. The summed E-state index contributed by atoms with van der Waals surface area (Å²) >= 11 is 0. The monoisotopic (exact) mass is 251 g/mol. The van der Waals surface area contributed by atoms with Gasteiger partial charge in [0.2, 0.25) is 0 Å². The highest BCUT2D eigenvalue weighted by Crippen LogP contribution is 2.40. The molecule has 0 aromatic carbocycles. The predicted octanol–water partition coefficient (Wildman–Crippen LogP) is 1.90. The van der Waals surface area contributed by atoms with Crippen LogP contribution in [0.1, 0.15) is 44.9 Å². The largest absolute Gasteiger partial charge is 0.449 e.